The number of carbonyl (C=O) groups is 4. The van der Waals surface area contributed by atoms with Gasteiger partial charge in [-0.3, -0.25) is 19.4 Å². The predicted octanol–water partition coefficient (Wildman–Crippen LogP) is 5.09. The quantitative estimate of drug-likeness (QED) is 0.162. The molecule has 2 fully saturated rings. The number of amidine groups is 1. The lowest BCUT2D eigenvalue weighted by atomic mass is 10.0. The Labute approximate surface area is 350 Å². The Balaban J connectivity index is 1.02. The van der Waals surface area contributed by atoms with Crippen molar-refractivity contribution in [3.63, 3.8) is 0 Å². The summed E-state index contributed by atoms with van der Waals surface area (Å²) in [7, 11) is 1.29. The van der Waals surface area contributed by atoms with Crippen molar-refractivity contribution in [3.8, 4) is 11.3 Å². The number of amides is 4. The minimum absolute atomic E-state index is 0.0405. The number of methoxy groups -OCH3 is 1. The highest BCUT2D eigenvalue weighted by molar-refractivity contribution is 5.95. The molecule has 4 aliphatic heterocycles. The molecule has 0 saturated carbocycles. The highest BCUT2D eigenvalue weighted by Crippen LogP contribution is 2.39. The van der Waals surface area contributed by atoms with Crippen LogP contribution in [0.1, 0.15) is 89.7 Å². The van der Waals surface area contributed by atoms with Crippen LogP contribution in [0.15, 0.2) is 65.8 Å². The van der Waals surface area contributed by atoms with E-state index in [-0.39, 0.29) is 60.0 Å². The molecule has 7 atom stereocenters. The summed E-state index contributed by atoms with van der Waals surface area (Å²) in [5, 5.41) is 10.4. The minimum atomic E-state index is -0.703. The number of aromatic amines is 1. The fourth-order valence-corrected chi connectivity index (χ4v) is 9.42. The van der Waals surface area contributed by atoms with Crippen LogP contribution in [0.5, 0.6) is 0 Å². The van der Waals surface area contributed by atoms with Crippen molar-refractivity contribution in [3.05, 3.63) is 77.9 Å². The predicted molar refractivity (Wildman–Crippen MR) is 227 cm³/mol. The number of likely N-dealkylation sites (tertiary alicyclic amines) is 2. The van der Waals surface area contributed by atoms with E-state index in [1.807, 2.05) is 61.9 Å². The molecule has 4 aromatic rings. The zero-order valence-corrected chi connectivity index (χ0v) is 35.3. The third-order valence-corrected chi connectivity index (χ3v) is 12.5. The van der Waals surface area contributed by atoms with E-state index in [1.54, 1.807) is 0 Å². The second kappa shape index (κ2) is 17.1. The molecule has 4 amide bonds. The van der Waals surface area contributed by atoms with Gasteiger partial charge < -0.3 is 44.8 Å². The summed E-state index contributed by atoms with van der Waals surface area (Å²) in [6.07, 6.45) is 4.61. The molecule has 318 valence electrons. The lowest BCUT2D eigenvalue weighted by Crippen LogP contribution is -2.56. The van der Waals surface area contributed by atoms with Crippen molar-refractivity contribution >= 4 is 40.6 Å². The highest BCUT2D eigenvalue weighted by Gasteiger charge is 2.42. The standard InChI is InChI=1S/C45H57N9O6/c1-25(2)38(48-27(5)55)42(56)52-18-11-15-36(52)41-47-24-33(50-41)37-22-31-21-30-20-29(16-17-34(30)54(31)44(60-37)28-12-8-7-9-13-28)32-23-46-40(49-32)35-14-10-19-53(35)43(57)39(26(3)4)51-45(58)59-6/h7-9,12-13,16-17,20-21,23,25-26,33,35-39,44H,10-11,14-15,18-19,22,24H2,1-6H3,(H,46,49)(H,47,50)(H,48,55)(H,51,58)/t33?,35-,36-,37?,38-,39-,44-/m0/s1. The molecule has 6 heterocycles. The molecule has 4 N–H and O–H groups in total. The number of aromatic nitrogens is 3. The molecule has 0 radical (unpaired) electrons. The average molecular weight is 820 g/mol. The number of fused-ring (bicyclic) bond motifs is 3. The van der Waals surface area contributed by atoms with Gasteiger partial charge in [0.2, 0.25) is 17.7 Å². The lowest BCUT2D eigenvalue weighted by molar-refractivity contribution is -0.137. The molecule has 2 aromatic heterocycles. The first-order valence-electron chi connectivity index (χ1n) is 21.3. The van der Waals surface area contributed by atoms with Crippen molar-refractivity contribution in [2.24, 2.45) is 16.8 Å². The molecule has 15 heteroatoms. The van der Waals surface area contributed by atoms with Crippen LogP contribution in [0.2, 0.25) is 0 Å². The minimum Gasteiger partial charge on any atom is -0.453 e. The Hall–Kier alpha value is -5.70. The van der Waals surface area contributed by atoms with Crippen molar-refractivity contribution in [2.75, 3.05) is 26.7 Å². The molecule has 0 spiro atoms. The van der Waals surface area contributed by atoms with E-state index in [0.29, 0.717) is 26.1 Å². The third-order valence-electron chi connectivity index (χ3n) is 12.5. The SMILES string of the molecule is COC(=O)N[C@H](C(=O)N1CCC[C@H]1c1ncc(-c2ccc3c(c2)cc2n3[C@H](c3ccccc3)OC(C3CN=C([C@@H]4CCCN4C(=O)[C@@H](NC(C)=O)C(C)C)N3)C2)[nH]1)C(C)C. The van der Waals surface area contributed by atoms with Crippen molar-refractivity contribution in [1.29, 1.82) is 0 Å². The normalized spacial score (nSPS) is 23.7. The first-order chi connectivity index (χ1) is 28.9. The molecule has 0 bridgehead atoms. The van der Waals surface area contributed by atoms with Gasteiger partial charge in [-0.2, -0.15) is 0 Å². The maximum atomic E-state index is 13.8. The topological polar surface area (TPSA) is 175 Å². The van der Waals surface area contributed by atoms with E-state index < -0.39 is 18.2 Å². The van der Waals surface area contributed by atoms with Gasteiger partial charge in [-0.15, -0.1) is 0 Å². The fourth-order valence-electron chi connectivity index (χ4n) is 9.42. The summed E-state index contributed by atoms with van der Waals surface area (Å²) in [6.45, 7) is 10.9. The number of nitrogens with one attached hydrogen (secondary N) is 4. The van der Waals surface area contributed by atoms with Crippen molar-refractivity contribution in [2.45, 2.75) is 109 Å². The Morgan fingerprint density at radius 3 is 2.25 bits per heavy atom. The zero-order valence-electron chi connectivity index (χ0n) is 35.3. The Morgan fingerprint density at radius 1 is 0.883 bits per heavy atom. The summed E-state index contributed by atoms with van der Waals surface area (Å²) >= 11 is 0. The second-order valence-corrected chi connectivity index (χ2v) is 17.2. The number of ether oxygens (including phenoxy) is 2. The maximum absolute atomic E-state index is 13.8. The van der Waals surface area contributed by atoms with Gasteiger partial charge in [0.05, 0.1) is 55.3 Å². The third kappa shape index (κ3) is 7.98. The van der Waals surface area contributed by atoms with Gasteiger partial charge in [0.25, 0.3) is 0 Å². The van der Waals surface area contributed by atoms with Crippen LogP contribution in [-0.4, -0.2) is 111 Å². The van der Waals surface area contributed by atoms with Gasteiger partial charge >= 0.3 is 6.09 Å². The molecule has 2 unspecified atom stereocenters. The summed E-state index contributed by atoms with van der Waals surface area (Å²) in [5.74, 6) is 0.952. The number of hydrogen-bond acceptors (Lipinski definition) is 9. The van der Waals surface area contributed by atoms with E-state index >= 15 is 0 Å². The van der Waals surface area contributed by atoms with Crippen LogP contribution < -0.4 is 16.0 Å². The van der Waals surface area contributed by atoms with Gasteiger partial charge in [-0.25, -0.2) is 9.78 Å². The maximum Gasteiger partial charge on any atom is 0.407 e. The first kappa shape index (κ1) is 41.1. The van der Waals surface area contributed by atoms with Gasteiger partial charge in [0, 0.05) is 48.6 Å². The van der Waals surface area contributed by atoms with Gasteiger partial charge in [0.15, 0.2) is 6.23 Å². The highest BCUT2D eigenvalue weighted by atomic mass is 16.5. The largest absolute Gasteiger partial charge is 0.453 e. The van der Waals surface area contributed by atoms with Crippen LogP contribution in [0.3, 0.4) is 0 Å². The molecular weight excluding hydrogens is 763 g/mol. The summed E-state index contributed by atoms with van der Waals surface area (Å²) < 4.78 is 14.1. The van der Waals surface area contributed by atoms with Crippen LogP contribution in [0.4, 0.5) is 4.79 Å². The number of nitrogens with zero attached hydrogens (tertiary/aromatic N) is 5. The molecular formula is C45H57N9O6. The number of hydrogen-bond donors (Lipinski definition) is 4. The Morgan fingerprint density at radius 2 is 1.57 bits per heavy atom. The zero-order chi connectivity index (χ0) is 42.2. The molecule has 4 aliphatic rings. The van der Waals surface area contributed by atoms with Crippen LogP contribution >= 0.6 is 0 Å². The van der Waals surface area contributed by atoms with Gasteiger partial charge in [-0.05, 0) is 55.7 Å². The average Bonchev–Trinajstić information content (AvgIpc) is 4.09. The lowest BCUT2D eigenvalue weighted by Gasteiger charge is -2.37. The monoisotopic (exact) mass is 819 g/mol. The smallest absolute Gasteiger partial charge is 0.407 e. The second-order valence-electron chi connectivity index (χ2n) is 17.2. The molecule has 8 rings (SSSR count). The van der Waals surface area contributed by atoms with Crippen LogP contribution in [0, 0.1) is 11.8 Å². The number of carbonyl (C=O) groups excluding carboxylic acids is 4. The van der Waals surface area contributed by atoms with Gasteiger partial charge in [-0.1, -0.05) is 64.1 Å². The van der Waals surface area contributed by atoms with E-state index in [0.717, 1.165) is 70.8 Å². The van der Waals surface area contributed by atoms with E-state index in [2.05, 4.69) is 61.9 Å². The van der Waals surface area contributed by atoms with E-state index in [4.69, 9.17) is 19.5 Å². The van der Waals surface area contributed by atoms with Crippen LogP contribution in [0.25, 0.3) is 22.2 Å². The van der Waals surface area contributed by atoms with Gasteiger partial charge in [0.1, 0.15) is 23.7 Å². The van der Waals surface area contributed by atoms with Crippen molar-refractivity contribution in [1.82, 2.24) is 40.3 Å². The molecule has 0 aliphatic carbocycles. The Bertz CT molecular complexity index is 2270. The number of aliphatic imine (C=N–C) groups is 1. The number of H-pyrrole nitrogens is 1. The first-order valence-corrected chi connectivity index (χ1v) is 21.3. The molecule has 2 saturated heterocycles. The summed E-state index contributed by atoms with van der Waals surface area (Å²) in [4.78, 5) is 68.5. The summed E-state index contributed by atoms with van der Waals surface area (Å²) in [6, 6.07) is 17.2. The number of rotatable bonds is 11. The molecule has 2 aromatic carbocycles. The summed E-state index contributed by atoms with van der Waals surface area (Å²) in [5.41, 5.74) is 5.09. The number of imidazole rings is 1. The molecule has 60 heavy (non-hydrogen) atoms. The van der Waals surface area contributed by atoms with E-state index in [1.165, 1.54) is 14.0 Å². The number of benzene rings is 2. The fraction of sp³-hybridized carbons (Fsp3) is 0.511. The van der Waals surface area contributed by atoms with Crippen LogP contribution in [-0.2, 0) is 30.3 Å². The molecule has 15 nitrogen and oxygen atoms in total. The number of alkyl carbamates (subject to hydrolysis) is 1. The van der Waals surface area contributed by atoms with E-state index in [9.17, 15) is 19.2 Å². The Kier molecular flexibility index (Phi) is 11.7. The van der Waals surface area contributed by atoms with Crippen molar-refractivity contribution < 1.29 is 28.7 Å².